The van der Waals surface area contributed by atoms with Crippen LogP contribution in [0.15, 0.2) is 48.5 Å². The van der Waals surface area contributed by atoms with E-state index in [0.717, 1.165) is 19.4 Å². The fraction of sp³-hybridized carbons (Fsp3) is 0.435. The summed E-state index contributed by atoms with van der Waals surface area (Å²) < 4.78 is 0. The van der Waals surface area contributed by atoms with E-state index in [1.54, 1.807) is 0 Å². The van der Waals surface area contributed by atoms with E-state index < -0.39 is 0 Å². The van der Waals surface area contributed by atoms with Crippen molar-refractivity contribution in [2.45, 2.75) is 44.8 Å². The minimum absolute atomic E-state index is 0.00711. The van der Waals surface area contributed by atoms with Gasteiger partial charge in [-0.15, -0.1) is 0 Å². The molecule has 0 radical (unpaired) electrons. The third kappa shape index (κ3) is 4.16. The van der Waals surface area contributed by atoms with Crippen molar-refractivity contribution < 1.29 is 4.79 Å². The molecule has 2 aliphatic rings. The topological polar surface area (TPSA) is 35.6 Å². The van der Waals surface area contributed by atoms with Crippen molar-refractivity contribution in [3.63, 3.8) is 0 Å². The number of urea groups is 1. The van der Waals surface area contributed by atoms with Crippen LogP contribution in [0.5, 0.6) is 0 Å². The molecule has 2 aromatic rings. The lowest BCUT2D eigenvalue weighted by Gasteiger charge is -2.24. The normalized spacial score (nSPS) is 19.1. The quantitative estimate of drug-likeness (QED) is 0.868. The average Bonchev–Trinajstić information content (AvgIpc) is 3.33. The van der Waals surface area contributed by atoms with Crippen molar-refractivity contribution in [3.05, 3.63) is 70.8 Å². The first-order valence-corrected chi connectivity index (χ1v) is 10.1. The number of carbonyl (C=O) groups is 1. The fourth-order valence-corrected chi connectivity index (χ4v) is 4.34. The largest absolute Gasteiger partial charge is 0.331 e. The number of hydrogen-bond acceptors (Lipinski definition) is 2. The second kappa shape index (κ2) is 8.13. The SMILES string of the molecule is CN(Cc1ccccc1CN1CCCC1)C(=O)N[C@@H]1CCc2ccccc21. The van der Waals surface area contributed by atoms with Gasteiger partial charge in [-0.05, 0) is 61.0 Å². The van der Waals surface area contributed by atoms with Gasteiger partial charge in [-0.1, -0.05) is 48.5 Å². The second-order valence-corrected chi connectivity index (χ2v) is 7.85. The molecule has 0 bridgehead atoms. The summed E-state index contributed by atoms with van der Waals surface area (Å²) in [6.45, 7) is 4.00. The Morgan fingerprint density at radius 1 is 1.07 bits per heavy atom. The molecule has 1 atom stereocenters. The summed E-state index contributed by atoms with van der Waals surface area (Å²) in [4.78, 5) is 17.1. The minimum Gasteiger partial charge on any atom is -0.331 e. The molecule has 1 aliphatic carbocycles. The highest BCUT2D eigenvalue weighted by atomic mass is 16.2. The van der Waals surface area contributed by atoms with E-state index in [4.69, 9.17) is 0 Å². The lowest BCUT2D eigenvalue weighted by Crippen LogP contribution is -2.38. The molecule has 4 heteroatoms. The van der Waals surface area contributed by atoms with Crippen LogP contribution in [0.4, 0.5) is 4.79 Å². The first-order valence-electron chi connectivity index (χ1n) is 10.1. The molecule has 1 aliphatic heterocycles. The fourth-order valence-electron chi connectivity index (χ4n) is 4.34. The van der Waals surface area contributed by atoms with Crippen molar-refractivity contribution in [3.8, 4) is 0 Å². The van der Waals surface area contributed by atoms with Crippen molar-refractivity contribution in [2.75, 3.05) is 20.1 Å². The maximum Gasteiger partial charge on any atom is 0.317 e. The highest BCUT2D eigenvalue weighted by molar-refractivity contribution is 5.74. The van der Waals surface area contributed by atoms with E-state index in [2.05, 4.69) is 58.7 Å². The molecular formula is C23H29N3O. The molecule has 0 unspecified atom stereocenters. The number of hydrogen-bond donors (Lipinski definition) is 1. The maximum absolute atomic E-state index is 12.8. The molecule has 2 aromatic carbocycles. The number of amides is 2. The highest BCUT2D eigenvalue weighted by Crippen LogP contribution is 2.30. The Bertz CT molecular complexity index is 798. The number of carbonyl (C=O) groups excluding carboxylic acids is 1. The van der Waals surface area contributed by atoms with Gasteiger partial charge < -0.3 is 10.2 Å². The van der Waals surface area contributed by atoms with Gasteiger partial charge in [-0.2, -0.15) is 0 Å². The zero-order chi connectivity index (χ0) is 18.6. The van der Waals surface area contributed by atoms with Gasteiger partial charge in [0.25, 0.3) is 0 Å². The van der Waals surface area contributed by atoms with Crippen LogP contribution < -0.4 is 5.32 Å². The Balaban J connectivity index is 1.39. The number of likely N-dealkylation sites (tertiary alicyclic amines) is 1. The minimum atomic E-state index is 0.00711. The zero-order valence-corrected chi connectivity index (χ0v) is 16.2. The third-order valence-electron chi connectivity index (χ3n) is 5.90. The molecule has 4 rings (SSSR count). The van der Waals surface area contributed by atoms with E-state index in [0.29, 0.717) is 6.54 Å². The third-order valence-corrected chi connectivity index (χ3v) is 5.90. The summed E-state index contributed by atoms with van der Waals surface area (Å²) in [5, 5.41) is 3.22. The van der Waals surface area contributed by atoms with Gasteiger partial charge >= 0.3 is 6.03 Å². The number of benzene rings is 2. The van der Waals surface area contributed by atoms with Gasteiger partial charge in [0.05, 0.1) is 6.04 Å². The number of aryl methyl sites for hydroxylation is 1. The molecule has 4 nitrogen and oxygen atoms in total. The molecule has 0 aromatic heterocycles. The Kier molecular flexibility index (Phi) is 5.44. The number of nitrogens with one attached hydrogen (secondary N) is 1. The van der Waals surface area contributed by atoms with Gasteiger partial charge in [-0.3, -0.25) is 4.90 Å². The van der Waals surface area contributed by atoms with Crippen molar-refractivity contribution in [1.29, 1.82) is 0 Å². The zero-order valence-electron chi connectivity index (χ0n) is 16.2. The summed E-state index contributed by atoms with van der Waals surface area (Å²) in [5.74, 6) is 0. The van der Waals surface area contributed by atoms with Crippen LogP contribution in [0.1, 0.15) is 47.6 Å². The lowest BCUT2D eigenvalue weighted by atomic mass is 10.1. The van der Waals surface area contributed by atoms with Crippen LogP contribution in [0, 0.1) is 0 Å². The van der Waals surface area contributed by atoms with E-state index in [1.807, 2.05) is 11.9 Å². The highest BCUT2D eigenvalue weighted by Gasteiger charge is 2.24. The van der Waals surface area contributed by atoms with Crippen molar-refractivity contribution in [2.24, 2.45) is 0 Å². The average molecular weight is 364 g/mol. The van der Waals surface area contributed by atoms with Gasteiger partial charge in [-0.25, -0.2) is 4.79 Å². The van der Waals surface area contributed by atoms with Gasteiger partial charge in [0.1, 0.15) is 0 Å². The lowest BCUT2D eigenvalue weighted by molar-refractivity contribution is 0.202. The Morgan fingerprint density at radius 3 is 2.59 bits per heavy atom. The molecule has 1 fully saturated rings. The second-order valence-electron chi connectivity index (χ2n) is 7.85. The van der Waals surface area contributed by atoms with Crippen LogP contribution in [0.3, 0.4) is 0 Å². The monoisotopic (exact) mass is 363 g/mol. The smallest absolute Gasteiger partial charge is 0.317 e. The standard InChI is InChI=1S/C23H29N3O/c1-25(23(27)24-22-13-12-18-8-4-5-11-21(18)22)16-19-9-2-3-10-20(19)17-26-14-6-7-15-26/h2-5,8-11,22H,6-7,12-17H2,1H3,(H,24,27)/t22-/m1/s1. The summed E-state index contributed by atoms with van der Waals surface area (Å²) in [6.07, 6.45) is 4.63. The van der Waals surface area contributed by atoms with Crippen LogP contribution in [-0.2, 0) is 19.5 Å². The maximum atomic E-state index is 12.8. The molecule has 1 saturated heterocycles. The van der Waals surface area contributed by atoms with Crippen LogP contribution in [0.25, 0.3) is 0 Å². The summed E-state index contributed by atoms with van der Waals surface area (Å²) >= 11 is 0. The summed E-state index contributed by atoms with van der Waals surface area (Å²) in [7, 11) is 1.89. The Hall–Kier alpha value is -2.33. The first-order chi connectivity index (χ1) is 13.2. The van der Waals surface area contributed by atoms with E-state index in [9.17, 15) is 4.79 Å². The summed E-state index contributed by atoms with van der Waals surface area (Å²) in [6, 6.07) is 17.1. The number of fused-ring (bicyclic) bond motifs is 1. The van der Waals surface area contributed by atoms with Gasteiger partial charge in [0.2, 0.25) is 0 Å². The molecule has 142 valence electrons. The number of rotatable bonds is 5. The Labute approximate surface area is 162 Å². The van der Waals surface area contributed by atoms with Gasteiger partial charge in [0.15, 0.2) is 0 Å². The summed E-state index contributed by atoms with van der Waals surface area (Å²) in [5.41, 5.74) is 5.22. The predicted molar refractivity (Wildman–Crippen MR) is 108 cm³/mol. The van der Waals surface area contributed by atoms with Crippen molar-refractivity contribution in [1.82, 2.24) is 15.1 Å². The van der Waals surface area contributed by atoms with Crippen molar-refractivity contribution >= 4 is 6.03 Å². The number of nitrogens with zero attached hydrogens (tertiary/aromatic N) is 2. The predicted octanol–water partition coefficient (Wildman–Crippen LogP) is 4.11. The first kappa shape index (κ1) is 18.1. The molecule has 2 amide bonds. The van der Waals surface area contributed by atoms with E-state index in [-0.39, 0.29) is 12.1 Å². The van der Waals surface area contributed by atoms with E-state index >= 15 is 0 Å². The van der Waals surface area contributed by atoms with Gasteiger partial charge in [0, 0.05) is 20.1 Å². The van der Waals surface area contributed by atoms with Crippen LogP contribution >= 0.6 is 0 Å². The van der Waals surface area contributed by atoms with Crippen LogP contribution in [-0.4, -0.2) is 36.0 Å². The Morgan fingerprint density at radius 2 is 1.78 bits per heavy atom. The molecule has 1 heterocycles. The van der Waals surface area contributed by atoms with Crippen LogP contribution in [0.2, 0.25) is 0 Å². The molecular weight excluding hydrogens is 334 g/mol. The van der Waals surface area contributed by atoms with E-state index in [1.165, 1.54) is 48.2 Å². The molecule has 27 heavy (non-hydrogen) atoms. The molecule has 1 N–H and O–H groups in total. The molecule has 0 saturated carbocycles. The molecule has 0 spiro atoms.